The minimum absolute atomic E-state index is 0.0239. The maximum Gasteiger partial charge on any atom is 0.191 e. The fraction of sp³-hybridized carbons (Fsp3) is 0.409. The van der Waals surface area contributed by atoms with Gasteiger partial charge in [0.1, 0.15) is 0 Å². The normalized spacial score (nSPS) is 13.8. The molecule has 6 heteroatoms. The van der Waals surface area contributed by atoms with E-state index in [0.29, 0.717) is 25.7 Å². The van der Waals surface area contributed by atoms with Crippen molar-refractivity contribution in [1.29, 1.82) is 0 Å². The molecule has 2 rings (SSSR count). The summed E-state index contributed by atoms with van der Waals surface area (Å²) in [6.45, 7) is 4.22. The fourth-order valence-electron chi connectivity index (χ4n) is 2.71. The summed E-state index contributed by atoms with van der Waals surface area (Å²) in [7, 11) is 0. The molecule has 2 aromatic rings. The first-order valence-corrected chi connectivity index (χ1v) is 9.70. The standard InChI is InChI=1S/C22H31N3O3/c1-2-23-22(24-13-20(15-26)19-11-7-4-8-12-19)25-14-21(27)17-28-16-18-9-5-3-6-10-18/h3-12,20-21,26-27H,2,13-17H2,1H3,(H2,23,24,25). The van der Waals surface area contributed by atoms with Crippen LogP contribution >= 0.6 is 0 Å². The second-order valence-electron chi connectivity index (χ2n) is 6.55. The highest BCUT2D eigenvalue weighted by Crippen LogP contribution is 2.13. The second kappa shape index (κ2) is 12.9. The third-order valence-corrected chi connectivity index (χ3v) is 4.23. The maximum atomic E-state index is 10.1. The lowest BCUT2D eigenvalue weighted by Gasteiger charge is -2.18. The number of hydrogen-bond acceptors (Lipinski definition) is 4. The molecule has 2 atom stereocenters. The van der Waals surface area contributed by atoms with Crippen LogP contribution in [0.25, 0.3) is 0 Å². The third kappa shape index (κ3) is 8.08. The van der Waals surface area contributed by atoms with E-state index in [1.54, 1.807) is 0 Å². The van der Waals surface area contributed by atoms with E-state index in [0.717, 1.165) is 11.1 Å². The summed E-state index contributed by atoms with van der Waals surface area (Å²) >= 11 is 0. The maximum absolute atomic E-state index is 10.1. The first kappa shape index (κ1) is 21.9. The molecule has 0 aliphatic carbocycles. The van der Waals surface area contributed by atoms with E-state index in [4.69, 9.17) is 4.74 Å². The van der Waals surface area contributed by atoms with E-state index in [1.807, 2.05) is 67.6 Å². The molecule has 0 fully saturated rings. The van der Waals surface area contributed by atoms with Crippen molar-refractivity contribution in [3.8, 4) is 0 Å². The molecule has 6 nitrogen and oxygen atoms in total. The van der Waals surface area contributed by atoms with Crippen LogP contribution < -0.4 is 10.6 Å². The van der Waals surface area contributed by atoms with Crippen LogP contribution in [0.4, 0.5) is 0 Å². The Labute approximate surface area is 167 Å². The SMILES string of the molecule is CCNC(=NCC(O)COCc1ccccc1)NCC(CO)c1ccccc1. The average molecular weight is 386 g/mol. The molecule has 0 spiro atoms. The topological polar surface area (TPSA) is 86.1 Å². The molecule has 0 aliphatic heterocycles. The molecule has 2 unspecified atom stereocenters. The fourth-order valence-corrected chi connectivity index (χ4v) is 2.71. The first-order chi connectivity index (χ1) is 13.7. The molecule has 0 aliphatic rings. The van der Waals surface area contributed by atoms with Crippen LogP contribution in [0.2, 0.25) is 0 Å². The van der Waals surface area contributed by atoms with Gasteiger partial charge in [-0.3, -0.25) is 4.99 Å². The van der Waals surface area contributed by atoms with Crippen LogP contribution in [0.1, 0.15) is 24.0 Å². The monoisotopic (exact) mass is 385 g/mol. The highest BCUT2D eigenvalue weighted by Gasteiger charge is 2.11. The molecule has 0 radical (unpaired) electrons. The van der Waals surface area contributed by atoms with Gasteiger partial charge in [0.15, 0.2) is 5.96 Å². The average Bonchev–Trinajstić information content (AvgIpc) is 2.74. The zero-order valence-electron chi connectivity index (χ0n) is 16.4. The quantitative estimate of drug-likeness (QED) is 0.351. The van der Waals surface area contributed by atoms with Gasteiger partial charge in [-0.15, -0.1) is 0 Å². The summed E-state index contributed by atoms with van der Waals surface area (Å²) in [5, 5.41) is 26.2. The summed E-state index contributed by atoms with van der Waals surface area (Å²) in [5.74, 6) is 0.586. The van der Waals surface area contributed by atoms with Crippen molar-refractivity contribution in [2.75, 3.05) is 32.8 Å². The summed E-state index contributed by atoms with van der Waals surface area (Å²) in [6, 6.07) is 19.7. The molecule has 0 aromatic heterocycles. The molecular weight excluding hydrogens is 354 g/mol. The van der Waals surface area contributed by atoms with Crippen LogP contribution in [0.3, 0.4) is 0 Å². The Morgan fingerprint density at radius 3 is 2.36 bits per heavy atom. The number of aliphatic hydroxyl groups is 2. The Hall–Kier alpha value is -2.41. The van der Waals surface area contributed by atoms with Crippen molar-refractivity contribution in [3.63, 3.8) is 0 Å². The molecule has 0 heterocycles. The van der Waals surface area contributed by atoms with Crippen molar-refractivity contribution >= 4 is 5.96 Å². The predicted octanol–water partition coefficient (Wildman–Crippen LogP) is 1.90. The van der Waals surface area contributed by atoms with Gasteiger partial charge in [0.25, 0.3) is 0 Å². The molecule has 2 aromatic carbocycles. The van der Waals surface area contributed by atoms with Crippen molar-refractivity contribution in [2.24, 2.45) is 4.99 Å². The zero-order valence-corrected chi connectivity index (χ0v) is 16.4. The molecule has 152 valence electrons. The number of rotatable bonds is 11. The molecular formula is C22H31N3O3. The molecule has 0 saturated carbocycles. The Kier molecular flexibility index (Phi) is 10.1. The van der Waals surface area contributed by atoms with Crippen LogP contribution in [-0.2, 0) is 11.3 Å². The van der Waals surface area contributed by atoms with Crippen molar-refractivity contribution in [1.82, 2.24) is 10.6 Å². The largest absolute Gasteiger partial charge is 0.396 e. The van der Waals surface area contributed by atoms with E-state index >= 15 is 0 Å². The number of nitrogens with one attached hydrogen (secondary N) is 2. The van der Waals surface area contributed by atoms with Gasteiger partial charge in [-0.05, 0) is 18.1 Å². The Morgan fingerprint density at radius 1 is 1.04 bits per heavy atom. The number of aliphatic imine (C=N–C) groups is 1. The van der Waals surface area contributed by atoms with Gasteiger partial charge in [-0.2, -0.15) is 0 Å². The highest BCUT2D eigenvalue weighted by atomic mass is 16.5. The number of benzene rings is 2. The molecule has 28 heavy (non-hydrogen) atoms. The zero-order chi connectivity index (χ0) is 20.0. The van der Waals surface area contributed by atoms with E-state index in [-0.39, 0.29) is 25.7 Å². The van der Waals surface area contributed by atoms with E-state index in [1.165, 1.54) is 0 Å². The minimum Gasteiger partial charge on any atom is -0.396 e. The number of guanidine groups is 1. The Bertz CT molecular complexity index is 680. The predicted molar refractivity (Wildman–Crippen MR) is 112 cm³/mol. The van der Waals surface area contributed by atoms with Gasteiger partial charge in [0, 0.05) is 19.0 Å². The van der Waals surface area contributed by atoms with Crippen LogP contribution in [0, 0.1) is 0 Å². The summed E-state index contributed by atoms with van der Waals surface area (Å²) in [6.07, 6.45) is -0.679. The number of ether oxygens (including phenoxy) is 1. The Morgan fingerprint density at radius 2 is 1.71 bits per heavy atom. The lowest BCUT2D eigenvalue weighted by molar-refractivity contribution is 0.0331. The third-order valence-electron chi connectivity index (χ3n) is 4.23. The van der Waals surface area contributed by atoms with Gasteiger partial charge in [-0.25, -0.2) is 0 Å². The second-order valence-corrected chi connectivity index (χ2v) is 6.55. The molecule has 4 N–H and O–H groups in total. The van der Waals surface area contributed by atoms with E-state index < -0.39 is 6.10 Å². The molecule has 0 saturated heterocycles. The molecule has 0 bridgehead atoms. The van der Waals surface area contributed by atoms with Gasteiger partial charge in [0.2, 0.25) is 0 Å². The summed E-state index contributed by atoms with van der Waals surface area (Å²) in [5.41, 5.74) is 2.15. The summed E-state index contributed by atoms with van der Waals surface area (Å²) in [4.78, 5) is 4.42. The first-order valence-electron chi connectivity index (χ1n) is 9.70. The summed E-state index contributed by atoms with van der Waals surface area (Å²) < 4.78 is 5.55. The number of nitrogens with zero attached hydrogens (tertiary/aromatic N) is 1. The number of hydrogen-bond donors (Lipinski definition) is 4. The van der Waals surface area contributed by atoms with Crippen LogP contribution in [-0.4, -0.2) is 55.1 Å². The Balaban J connectivity index is 1.78. The smallest absolute Gasteiger partial charge is 0.191 e. The van der Waals surface area contributed by atoms with Gasteiger partial charge >= 0.3 is 0 Å². The lowest BCUT2D eigenvalue weighted by Crippen LogP contribution is -2.40. The van der Waals surface area contributed by atoms with E-state index in [2.05, 4.69) is 15.6 Å². The molecule has 0 amide bonds. The van der Waals surface area contributed by atoms with Gasteiger partial charge in [0.05, 0.1) is 32.5 Å². The van der Waals surface area contributed by atoms with Crippen molar-refractivity contribution < 1.29 is 14.9 Å². The van der Waals surface area contributed by atoms with Crippen LogP contribution in [0.15, 0.2) is 65.7 Å². The van der Waals surface area contributed by atoms with Crippen molar-refractivity contribution in [2.45, 2.75) is 25.6 Å². The van der Waals surface area contributed by atoms with Crippen LogP contribution in [0.5, 0.6) is 0 Å². The minimum atomic E-state index is -0.679. The van der Waals surface area contributed by atoms with Gasteiger partial charge in [-0.1, -0.05) is 60.7 Å². The van der Waals surface area contributed by atoms with Gasteiger partial charge < -0.3 is 25.6 Å². The van der Waals surface area contributed by atoms with E-state index in [9.17, 15) is 10.2 Å². The number of aliphatic hydroxyl groups excluding tert-OH is 2. The lowest BCUT2D eigenvalue weighted by atomic mass is 10.0. The highest BCUT2D eigenvalue weighted by molar-refractivity contribution is 5.79. The van der Waals surface area contributed by atoms with Crippen molar-refractivity contribution in [3.05, 3.63) is 71.8 Å².